The zero-order valence-electron chi connectivity index (χ0n) is 22.3. The van der Waals surface area contributed by atoms with Gasteiger partial charge in [0.1, 0.15) is 0 Å². The second kappa shape index (κ2) is 9.24. The van der Waals surface area contributed by atoms with Crippen molar-refractivity contribution in [2.45, 2.75) is 65.8 Å². The predicted molar refractivity (Wildman–Crippen MR) is 145 cm³/mol. The summed E-state index contributed by atoms with van der Waals surface area (Å²) >= 11 is 0. The van der Waals surface area contributed by atoms with E-state index >= 15 is 0 Å². The zero-order valence-corrected chi connectivity index (χ0v) is 22.3. The highest BCUT2D eigenvalue weighted by Crippen LogP contribution is 2.48. The Balaban J connectivity index is 1.25. The number of hydrogen-bond donors (Lipinski definition) is 0. The predicted octanol–water partition coefficient (Wildman–Crippen LogP) is 6.37. The molecule has 1 unspecified atom stereocenters. The average molecular weight is 471 g/mol. The van der Waals surface area contributed by atoms with E-state index in [0.717, 1.165) is 45.6 Å². The number of fused-ring (bicyclic) bond motifs is 2. The molecule has 1 spiro atoms. The lowest BCUT2D eigenvalue weighted by Gasteiger charge is -2.45. The van der Waals surface area contributed by atoms with E-state index in [-0.39, 0.29) is 10.8 Å². The third kappa shape index (κ3) is 4.27. The number of carbonyl (C=O) groups is 1. The molecule has 0 aromatic heterocycles. The molecule has 35 heavy (non-hydrogen) atoms. The number of hydrogen-bond acceptors (Lipinski definition) is 2. The van der Waals surface area contributed by atoms with Crippen LogP contribution in [-0.4, -0.2) is 41.9 Å². The highest BCUT2D eigenvalue weighted by atomic mass is 16.2. The first-order valence-corrected chi connectivity index (χ1v) is 13.6. The molecule has 2 aliphatic heterocycles. The van der Waals surface area contributed by atoms with E-state index < -0.39 is 0 Å². The van der Waals surface area contributed by atoms with Crippen molar-refractivity contribution in [3.63, 3.8) is 0 Å². The van der Waals surface area contributed by atoms with Gasteiger partial charge in [0, 0.05) is 25.0 Å². The summed E-state index contributed by atoms with van der Waals surface area (Å²) < 4.78 is 0. The van der Waals surface area contributed by atoms with Crippen LogP contribution in [0.3, 0.4) is 0 Å². The van der Waals surface area contributed by atoms with Crippen molar-refractivity contribution in [3.05, 3.63) is 76.4 Å². The molecule has 186 valence electrons. The molecule has 2 saturated heterocycles. The van der Waals surface area contributed by atoms with E-state index in [1.807, 2.05) is 0 Å². The van der Waals surface area contributed by atoms with Crippen molar-refractivity contribution in [3.8, 4) is 0 Å². The van der Waals surface area contributed by atoms with Gasteiger partial charge < -0.3 is 9.80 Å². The van der Waals surface area contributed by atoms with Gasteiger partial charge in [0.25, 0.3) is 0 Å². The molecule has 2 fully saturated rings. The van der Waals surface area contributed by atoms with E-state index in [1.54, 1.807) is 0 Å². The van der Waals surface area contributed by atoms with Crippen molar-refractivity contribution in [1.29, 1.82) is 0 Å². The largest absolute Gasteiger partial charge is 0.338 e. The quantitative estimate of drug-likeness (QED) is 0.489. The number of benzene rings is 2. The minimum Gasteiger partial charge on any atom is -0.338 e. The van der Waals surface area contributed by atoms with E-state index in [0.29, 0.717) is 17.7 Å². The number of carbonyl (C=O) groups excluding carboxylic acids is 1. The summed E-state index contributed by atoms with van der Waals surface area (Å²) in [6, 6.07) is 15.6. The third-order valence-corrected chi connectivity index (χ3v) is 9.45. The summed E-state index contributed by atoms with van der Waals surface area (Å²) in [6.07, 6.45) is 7.93. The maximum absolute atomic E-state index is 13.8. The van der Waals surface area contributed by atoms with Gasteiger partial charge in [-0.15, -0.1) is 0 Å². The van der Waals surface area contributed by atoms with Crippen LogP contribution >= 0.6 is 0 Å². The van der Waals surface area contributed by atoms with Crippen LogP contribution in [0, 0.1) is 31.1 Å². The SMILES string of the molecule is Cc1cc(C)cc(CN2CCC(CCN3CC[C@@]4(C=Cc5ccccc54)[C@@H](C)C3)(C(C)C)C2=O)c1. The van der Waals surface area contributed by atoms with Gasteiger partial charge in [0.2, 0.25) is 5.91 Å². The number of allylic oxidation sites excluding steroid dienone is 1. The average Bonchev–Trinajstić information content (AvgIpc) is 3.34. The van der Waals surface area contributed by atoms with Crippen LogP contribution in [-0.2, 0) is 16.8 Å². The Kier molecular flexibility index (Phi) is 6.42. The van der Waals surface area contributed by atoms with E-state index in [2.05, 4.69) is 99.0 Å². The molecule has 3 heteroatoms. The number of nitrogens with zero attached hydrogens (tertiary/aromatic N) is 2. The molecule has 3 nitrogen and oxygen atoms in total. The van der Waals surface area contributed by atoms with Gasteiger partial charge in [-0.05, 0) is 74.7 Å². The highest BCUT2D eigenvalue weighted by Gasteiger charge is 2.49. The Bertz CT molecular complexity index is 1110. The van der Waals surface area contributed by atoms with Gasteiger partial charge >= 0.3 is 0 Å². The van der Waals surface area contributed by atoms with Gasteiger partial charge in [-0.1, -0.05) is 86.5 Å². The third-order valence-electron chi connectivity index (χ3n) is 9.45. The molecule has 0 N–H and O–H groups in total. The monoisotopic (exact) mass is 470 g/mol. The molecule has 2 aromatic rings. The Morgan fingerprint density at radius 1 is 1.03 bits per heavy atom. The molecule has 1 aliphatic carbocycles. The summed E-state index contributed by atoms with van der Waals surface area (Å²) in [5.41, 5.74) is 6.68. The number of piperidine rings is 1. The second-order valence-electron chi connectivity index (χ2n) is 11.9. The summed E-state index contributed by atoms with van der Waals surface area (Å²) in [5.74, 6) is 1.31. The molecule has 0 radical (unpaired) electrons. The van der Waals surface area contributed by atoms with Gasteiger partial charge in [-0.2, -0.15) is 0 Å². The minimum absolute atomic E-state index is 0.189. The lowest BCUT2D eigenvalue weighted by Crippen LogP contribution is -2.49. The summed E-state index contributed by atoms with van der Waals surface area (Å²) in [5, 5.41) is 0. The summed E-state index contributed by atoms with van der Waals surface area (Å²) in [4.78, 5) is 18.6. The standard InChI is InChI=1S/C32H42N2O/c1-23(2)31(14-17-34(30(31)35)22-27-19-24(3)18-25(4)20-27)12-15-33-16-13-32(26(5)21-33)11-10-28-8-6-7-9-29(28)32/h6-11,18-20,23,26H,12-17,21-22H2,1-5H3/t26-,31?,32-/m0/s1. The van der Waals surface area contributed by atoms with Crippen LogP contribution < -0.4 is 0 Å². The Morgan fingerprint density at radius 2 is 1.77 bits per heavy atom. The van der Waals surface area contributed by atoms with Crippen molar-refractivity contribution >= 4 is 12.0 Å². The molecule has 3 aliphatic rings. The van der Waals surface area contributed by atoms with Crippen LogP contribution in [0.15, 0.2) is 48.5 Å². The summed E-state index contributed by atoms with van der Waals surface area (Å²) in [6.45, 7) is 16.1. The normalized spacial score (nSPS) is 28.5. The number of aryl methyl sites for hydroxylation is 2. The molecule has 3 atom stereocenters. The summed E-state index contributed by atoms with van der Waals surface area (Å²) in [7, 11) is 0. The number of likely N-dealkylation sites (tertiary alicyclic amines) is 2. The number of rotatable bonds is 6. The fourth-order valence-electron chi connectivity index (χ4n) is 7.28. The second-order valence-corrected chi connectivity index (χ2v) is 11.9. The molecule has 1 amide bonds. The Labute approximate surface area is 212 Å². The maximum Gasteiger partial charge on any atom is 0.229 e. The van der Waals surface area contributed by atoms with Crippen LogP contribution in [0.5, 0.6) is 0 Å². The first-order valence-electron chi connectivity index (χ1n) is 13.6. The molecular weight excluding hydrogens is 428 g/mol. The molecule has 0 saturated carbocycles. The van der Waals surface area contributed by atoms with Gasteiger partial charge in [0.15, 0.2) is 0 Å². The fourth-order valence-corrected chi connectivity index (χ4v) is 7.28. The van der Waals surface area contributed by atoms with Gasteiger partial charge in [-0.25, -0.2) is 0 Å². The van der Waals surface area contributed by atoms with E-state index in [1.165, 1.54) is 34.2 Å². The van der Waals surface area contributed by atoms with Crippen molar-refractivity contribution in [1.82, 2.24) is 9.80 Å². The maximum atomic E-state index is 13.8. The van der Waals surface area contributed by atoms with Crippen LogP contribution in [0.2, 0.25) is 0 Å². The van der Waals surface area contributed by atoms with Crippen LogP contribution in [0.4, 0.5) is 0 Å². The first-order chi connectivity index (χ1) is 16.7. The lowest BCUT2D eigenvalue weighted by molar-refractivity contribution is -0.139. The van der Waals surface area contributed by atoms with Gasteiger partial charge in [-0.3, -0.25) is 4.79 Å². The van der Waals surface area contributed by atoms with Gasteiger partial charge in [0.05, 0.1) is 5.41 Å². The lowest BCUT2D eigenvalue weighted by atomic mass is 9.67. The van der Waals surface area contributed by atoms with Crippen molar-refractivity contribution in [2.75, 3.05) is 26.2 Å². The Hall–Kier alpha value is -2.39. The fraction of sp³-hybridized carbons (Fsp3) is 0.531. The van der Waals surface area contributed by atoms with E-state index in [9.17, 15) is 4.79 Å². The molecule has 5 rings (SSSR count). The van der Waals surface area contributed by atoms with Crippen LogP contribution in [0.25, 0.3) is 6.08 Å². The molecule has 2 heterocycles. The number of amides is 1. The van der Waals surface area contributed by atoms with E-state index in [4.69, 9.17) is 0 Å². The molecule has 0 bridgehead atoms. The minimum atomic E-state index is -0.225. The molecular formula is C32H42N2O. The highest BCUT2D eigenvalue weighted by molar-refractivity contribution is 5.85. The van der Waals surface area contributed by atoms with Crippen molar-refractivity contribution < 1.29 is 4.79 Å². The smallest absolute Gasteiger partial charge is 0.229 e. The first kappa shape index (κ1) is 24.3. The zero-order chi connectivity index (χ0) is 24.8. The topological polar surface area (TPSA) is 23.6 Å². The van der Waals surface area contributed by atoms with Crippen molar-refractivity contribution in [2.24, 2.45) is 17.3 Å². The Morgan fingerprint density at radius 3 is 2.49 bits per heavy atom. The molecule has 2 aromatic carbocycles. The van der Waals surface area contributed by atoms with Crippen LogP contribution in [0.1, 0.15) is 67.9 Å².